The second-order valence-electron chi connectivity index (χ2n) is 4.73. The van der Waals surface area contributed by atoms with Crippen LogP contribution in [0.4, 0.5) is 0 Å². The number of aldehydes is 1. The lowest BCUT2D eigenvalue weighted by Crippen LogP contribution is -2.07. The van der Waals surface area contributed by atoms with E-state index in [1.165, 1.54) is 7.11 Å². The van der Waals surface area contributed by atoms with Crippen molar-refractivity contribution in [1.82, 2.24) is 4.98 Å². The van der Waals surface area contributed by atoms with E-state index in [2.05, 4.69) is 4.98 Å². The number of H-pyrrole nitrogens is 1. The lowest BCUT2D eigenvalue weighted by Gasteiger charge is -2.06. The van der Waals surface area contributed by atoms with Crippen molar-refractivity contribution in [2.45, 2.75) is 18.3 Å². The van der Waals surface area contributed by atoms with Gasteiger partial charge in [-0.1, -0.05) is 0 Å². The minimum absolute atomic E-state index is 0.340. The number of carbonyl (C=O) groups excluding carboxylic acids is 2. The van der Waals surface area contributed by atoms with Crippen molar-refractivity contribution >= 4 is 23.2 Å². The molecule has 0 bridgehead atoms. The van der Waals surface area contributed by atoms with Gasteiger partial charge in [-0.25, -0.2) is 4.79 Å². The molecule has 0 unspecified atom stereocenters. The van der Waals surface area contributed by atoms with Gasteiger partial charge in [0, 0.05) is 17.1 Å². The third kappa shape index (κ3) is 1.45. The SMILES string of the molecule is COC(=O)c1ccc2[nH]cc(C3(C=O)CC3)c2c1. The van der Waals surface area contributed by atoms with Crippen molar-refractivity contribution in [2.75, 3.05) is 7.11 Å². The topological polar surface area (TPSA) is 59.2 Å². The van der Waals surface area contributed by atoms with Crippen LogP contribution < -0.4 is 0 Å². The Kier molecular flexibility index (Phi) is 2.26. The molecule has 1 heterocycles. The molecule has 0 atom stereocenters. The molecule has 0 spiro atoms. The molecule has 4 nitrogen and oxygen atoms in total. The monoisotopic (exact) mass is 243 g/mol. The van der Waals surface area contributed by atoms with Crippen molar-refractivity contribution in [3.63, 3.8) is 0 Å². The van der Waals surface area contributed by atoms with E-state index < -0.39 is 0 Å². The Labute approximate surface area is 104 Å². The average Bonchev–Trinajstić information content (AvgIpc) is 3.10. The Hall–Kier alpha value is -2.10. The molecule has 0 saturated heterocycles. The van der Waals surface area contributed by atoms with E-state index >= 15 is 0 Å². The fourth-order valence-electron chi connectivity index (χ4n) is 2.36. The molecule has 1 N–H and O–H groups in total. The van der Waals surface area contributed by atoms with E-state index in [1.54, 1.807) is 12.1 Å². The number of hydrogen-bond acceptors (Lipinski definition) is 3. The maximum atomic E-state index is 11.5. The molecular weight excluding hydrogens is 230 g/mol. The Bertz CT molecular complexity index is 638. The normalized spacial score (nSPS) is 16.5. The number of benzene rings is 1. The van der Waals surface area contributed by atoms with E-state index in [9.17, 15) is 9.59 Å². The molecule has 1 aromatic heterocycles. The van der Waals surface area contributed by atoms with Crippen LogP contribution in [0, 0.1) is 0 Å². The number of carbonyl (C=O) groups is 2. The number of aromatic amines is 1. The maximum absolute atomic E-state index is 11.5. The van der Waals surface area contributed by atoms with Gasteiger partial charge in [0.15, 0.2) is 0 Å². The summed E-state index contributed by atoms with van der Waals surface area (Å²) in [4.78, 5) is 25.9. The first-order valence-electron chi connectivity index (χ1n) is 5.86. The number of esters is 1. The van der Waals surface area contributed by atoms with E-state index in [0.29, 0.717) is 5.56 Å². The van der Waals surface area contributed by atoms with Crippen molar-refractivity contribution in [1.29, 1.82) is 0 Å². The zero-order valence-corrected chi connectivity index (χ0v) is 10.0. The fraction of sp³-hybridized carbons (Fsp3) is 0.286. The van der Waals surface area contributed by atoms with Gasteiger partial charge < -0.3 is 14.5 Å². The Morgan fingerprint density at radius 3 is 2.83 bits per heavy atom. The number of fused-ring (bicyclic) bond motifs is 1. The molecule has 1 saturated carbocycles. The van der Waals surface area contributed by atoms with Gasteiger partial charge in [0.25, 0.3) is 0 Å². The van der Waals surface area contributed by atoms with Crippen molar-refractivity contribution in [3.05, 3.63) is 35.5 Å². The summed E-state index contributed by atoms with van der Waals surface area (Å²) in [6, 6.07) is 5.34. The van der Waals surface area contributed by atoms with Crippen molar-refractivity contribution in [2.24, 2.45) is 0 Å². The summed E-state index contributed by atoms with van der Waals surface area (Å²) in [6.07, 6.45) is 4.64. The number of hydrogen-bond donors (Lipinski definition) is 1. The second kappa shape index (κ2) is 3.70. The van der Waals surface area contributed by atoms with E-state index in [-0.39, 0.29) is 11.4 Å². The van der Waals surface area contributed by atoms with Crippen LogP contribution in [0.15, 0.2) is 24.4 Å². The van der Waals surface area contributed by atoms with Crippen LogP contribution in [-0.4, -0.2) is 24.3 Å². The first-order valence-corrected chi connectivity index (χ1v) is 5.86. The minimum Gasteiger partial charge on any atom is -0.465 e. The lowest BCUT2D eigenvalue weighted by molar-refractivity contribution is -0.109. The molecule has 3 rings (SSSR count). The summed E-state index contributed by atoms with van der Waals surface area (Å²) in [5.41, 5.74) is 2.09. The maximum Gasteiger partial charge on any atom is 0.337 e. The summed E-state index contributed by atoms with van der Waals surface area (Å²) in [5.74, 6) is -0.361. The molecule has 0 radical (unpaired) electrons. The first-order chi connectivity index (χ1) is 8.70. The van der Waals surface area contributed by atoms with E-state index in [4.69, 9.17) is 4.74 Å². The fourth-order valence-corrected chi connectivity index (χ4v) is 2.36. The van der Waals surface area contributed by atoms with Gasteiger partial charge in [-0.3, -0.25) is 0 Å². The molecule has 1 fully saturated rings. The number of methoxy groups -OCH3 is 1. The van der Waals surface area contributed by atoms with Gasteiger partial charge in [-0.2, -0.15) is 0 Å². The van der Waals surface area contributed by atoms with Crippen molar-refractivity contribution < 1.29 is 14.3 Å². The van der Waals surface area contributed by atoms with Gasteiger partial charge in [-0.05, 0) is 36.6 Å². The first kappa shape index (κ1) is 11.0. The van der Waals surface area contributed by atoms with Gasteiger partial charge in [0.2, 0.25) is 0 Å². The number of ether oxygens (including phenoxy) is 1. The predicted octanol–water partition coefficient (Wildman–Crippen LogP) is 2.18. The van der Waals surface area contributed by atoms with Crippen LogP contribution in [0.5, 0.6) is 0 Å². The Morgan fingerprint density at radius 2 is 2.22 bits per heavy atom. The zero-order chi connectivity index (χ0) is 12.8. The number of rotatable bonds is 3. The largest absolute Gasteiger partial charge is 0.465 e. The third-order valence-corrected chi connectivity index (χ3v) is 3.65. The predicted molar refractivity (Wildman–Crippen MR) is 66.6 cm³/mol. The van der Waals surface area contributed by atoms with Crippen molar-refractivity contribution in [3.8, 4) is 0 Å². The molecule has 4 heteroatoms. The third-order valence-electron chi connectivity index (χ3n) is 3.65. The number of nitrogens with one attached hydrogen (secondary N) is 1. The molecule has 1 aromatic carbocycles. The summed E-state index contributed by atoms with van der Waals surface area (Å²) < 4.78 is 4.71. The van der Waals surface area contributed by atoms with Crippen LogP contribution in [0.2, 0.25) is 0 Å². The summed E-state index contributed by atoms with van der Waals surface area (Å²) in [5, 5.41) is 0.933. The second-order valence-corrected chi connectivity index (χ2v) is 4.73. The smallest absolute Gasteiger partial charge is 0.337 e. The van der Waals surface area contributed by atoms with Gasteiger partial charge in [0.1, 0.15) is 6.29 Å². The zero-order valence-electron chi connectivity index (χ0n) is 10.0. The van der Waals surface area contributed by atoms with Gasteiger partial charge in [0.05, 0.1) is 18.1 Å². The molecule has 18 heavy (non-hydrogen) atoms. The highest BCUT2D eigenvalue weighted by atomic mass is 16.5. The molecular formula is C14H13NO3. The van der Waals surface area contributed by atoms with Crippen LogP contribution in [0.1, 0.15) is 28.8 Å². The van der Waals surface area contributed by atoms with Crippen LogP contribution in [0.3, 0.4) is 0 Å². The Balaban J connectivity index is 2.17. The van der Waals surface area contributed by atoms with E-state index in [1.807, 2.05) is 12.3 Å². The quantitative estimate of drug-likeness (QED) is 0.664. The van der Waals surface area contributed by atoms with Crippen LogP contribution >= 0.6 is 0 Å². The minimum atomic E-state index is -0.361. The summed E-state index contributed by atoms with van der Waals surface area (Å²) in [7, 11) is 1.36. The summed E-state index contributed by atoms with van der Waals surface area (Å²) >= 11 is 0. The highest BCUT2D eigenvalue weighted by Crippen LogP contribution is 2.48. The van der Waals surface area contributed by atoms with Gasteiger partial charge in [-0.15, -0.1) is 0 Å². The Morgan fingerprint density at radius 1 is 1.44 bits per heavy atom. The highest BCUT2D eigenvalue weighted by Gasteiger charge is 2.45. The average molecular weight is 243 g/mol. The molecule has 1 aliphatic rings. The lowest BCUT2D eigenvalue weighted by atomic mass is 9.96. The molecule has 1 aliphatic carbocycles. The molecule has 0 aliphatic heterocycles. The number of aromatic nitrogens is 1. The van der Waals surface area contributed by atoms with E-state index in [0.717, 1.165) is 35.6 Å². The molecule has 92 valence electrons. The van der Waals surface area contributed by atoms with Crippen LogP contribution in [-0.2, 0) is 14.9 Å². The summed E-state index contributed by atoms with van der Waals surface area (Å²) in [6.45, 7) is 0. The molecule has 2 aromatic rings. The highest BCUT2D eigenvalue weighted by molar-refractivity contribution is 5.97. The molecule has 0 amide bonds. The standard InChI is InChI=1S/C14H13NO3/c1-18-13(17)9-2-3-12-10(6-9)11(7-15-12)14(8-16)4-5-14/h2-3,6-8,15H,4-5H2,1H3. The van der Waals surface area contributed by atoms with Gasteiger partial charge >= 0.3 is 5.97 Å². The van der Waals surface area contributed by atoms with Crippen LogP contribution in [0.25, 0.3) is 10.9 Å².